The number of rotatable bonds is 0. The summed E-state index contributed by atoms with van der Waals surface area (Å²) in [5, 5.41) is 7.97. The zero-order valence-electron chi connectivity index (χ0n) is 2.28. The maximum atomic E-state index is 7.97. The van der Waals surface area contributed by atoms with Gasteiger partial charge in [0.25, 0.3) is 0 Å². The van der Waals surface area contributed by atoms with Gasteiger partial charge in [-0.15, -0.1) is 0 Å². The Bertz CT molecular complexity index is 45.6. The molecule has 0 aromatic rings. The van der Waals surface area contributed by atoms with Gasteiger partial charge in [-0.3, -0.25) is 0 Å². The average Bonchev–Trinajstić information content (AvgIpc) is 1.38. The van der Waals surface area contributed by atoms with Crippen molar-refractivity contribution in [3.05, 3.63) is 7.85 Å². The highest BCUT2D eigenvalue weighted by atomic mass is 127. The maximum Gasteiger partial charge on any atom is 0.0986 e. The highest BCUT2D eigenvalue weighted by Crippen LogP contribution is 2.11. The molecule has 1 nitrogen and oxygen atoms in total. The summed E-state index contributed by atoms with van der Waals surface area (Å²) in [5.41, 5.74) is 0. The molecule has 0 rings (SSSR count). The van der Waals surface area contributed by atoms with Crippen LogP contribution in [0.4, 0.5) is 0 Å². The standard InChI is InChI=1S/C2H2I2O/c3-2(4)1-5/h1,5H. The van der Waals surface area contributed by atoms with Gasteiger partial charge in [-0.05, 0) is 45.2 Å². The van der Waals surface area contributed by atoms with E-state index in [1.807, 2.05) is 45.2 Å². The van der Waals surface area contributed by atoms with Crippen molar-refractivity contribution >= 4 is 45.2 Å². The molecular weight excluding hydrogens is 294 g/mol. The molecule has 3 heteroatoms. The van der Waals surface area contributed by atoms with Gasteiger partial charge >= 0.3 is 0 Å². The van der Waals surface area contributed by atoms with Crippen molar-refractivity contribution in [3.8, 4) is 0 Å². The Kier molecular flexibility index (Phi) is 3.84. The minimum absolute atomic E-state index is 0.875. The molecule has 5 heavy (non-hydrogen) atoms. The summed E-state index contributed by atoms with van der Waals surface area (Å²) in [6, 6.07) is 0. The molecule has 0 aliphatic carbocycles. The zero-order valence-corrected chi connectivity index (χ0v) is 6.60. The van der Waals surface area contributed by atoms with Crippen molar-refractivity contribution in [1.82, 2.24) is 0 Å². The normalized spacial score (nSPS) is 6.80. The van der Waals surface area contributed by atoms with E-state index in [0.29, 0.717) is 0 Å². The Morgan fingerprint density at radius 3 is 1.80 bits per heavy atom. The van der Waals surface area contributed by atoms with Crippen LogP contribution in [0.2, 0.25) is 0 Å². The number of aliphatic hydroxyl groups is 1. The summed E-state index contributed by atoms with van der Waals surface area (Å²) in [4.78, 5) is 0. The summed E-state index contributed by atoms with van der Waals surface area (Å²) >= 11 is 4.01. The molecule has 30 valence electrons. The second-order valence-electron chi connectivity index (χ2n) is 0.419. The van der Waals surface area contributed by atoms with Gasteiger partial charge in [0.1, 0.15) is 0 Å². The van der Waals surface area contributed by atoms with Crippen molar-refractivity contribution in [3.63, 3.8) is 0 Å². The van der Waals surface area contributed by atoms with Gasteiger partial charge in [-0.2, -0.15) is 0 Å². The summed E-state index contributed by atoms with van der Waals surface area (Å²) < 4.78 is 0.875. The fourth-order valence-electron chi connectivity index (χ4n) is 0. The summed E-state index contributed by atoms with van der Waals surface area (Å²) in [5.74, 6) is 0. The first-order valence-corrected chi connectivity index (χ1v) is 3.08. The van der Waals surface area contributed by atoms with Crippen LogP contribution in [0.3, 0.4) is 0 Å². The molecule has 0 aromatic carbocycles. The predicted molar refractivity (Wildman–Crippen MR) is 38.8 cm³/mol. The Balaban J connectivity index is 3.14. The number of halogens is 2. The molecule has 0 unspecified atom stereocenters. The first-order chi connectivity index (χ1) is 2.27. The fourth-order valence-corrected chi connectivity index (χ4v) is 0. The summed E-state index contributed by atoms with van der Waals surface area (Å²) in [6.45, 7) is 0. The van der Waals surface area contributed by atoms with Crippen LogP contribution in [-0.2, 0) is 0 Å². The summed E-state index contributed by atoms with van der Waals surface area (Å²) in [7, 11) is 0. The quantitative estimate of drug-likeness (QED) is 0.537. The van der Waals surface area contributed by atoms with Crippen molar-refractivity contribution < 1.29 is 5.11 Å². The van der Waals surface area contributed by atoms with Gasteiger partial charge in [0.2, 0.25) is 0 Å². The molecule has 0 heterocycles. The lowest BCUT2D eigenvalue weighted by Gasteiger charge is -1.68. The lowest BCUT2D eigenvalue weighted by molar-refractivity contribution is 0.475. The van der Waals surface area contributed by atoms with Crippen LogP contribution in [0.5, 0.6) is 0 Å². The Hall–Kier alpha value is 1.00. The fraction of sp³-hybridized carbons (Fsp3) is 0. The van der Waals surface area contributed by atoms with Crippen LogP contribution in [0, 0.1) is 0 Å². The van der Waals surface area contributed by atoms with E-state index in [2.05, 4.69) is 0 Å². The molecule has 0 amide bonds. The smallest absolute Gasteiger partial charge is 0.0986 e. The van der Waals surface area contributed by atoms with E-state index in [4.69, 9.17) is 5.11 Å². The average molecular weight is 296 g/mol. The molecule has 1 N–H and O–H groups in total. The lowest BCUT2D eigenvalue weighted by Crippen LogP contribution is -1.42. The van der Waals surface area contributed by atoms with E-state index in [-0.39, 0.29) is 0 Å². The van der Waals surface area contributed by atoms with Gasteiger partial charge < -0.3 is 5.11 Å². The van der Waals surface area contributed by atoms with Crippen molar-refractivity contribution in [2.45, 2.75) is 0 Å². The van der Waals surface area contributed by atoms with Crippen LogP contribution < -0.4 is 0 Å². The highest BCUT2D eigenvalue weighted by molar-refractivity contribution is 14.2. The van der Waals surface area contributed by atoms with Gasteiger partial charge in [0, 0.05) is 0 Å². The van der Waals surface area contributed by atoms with Crippen molar-refractivity contribution in [2.24, 2.45) is 0 Å². The van der Waals surface area contributed by atoms with Crippen LogP contribution in [0.15, 0.2) is 7.85 Å². The first-order valence-electron chi connectivity index (χ1n) is 0.925. The molecule has 0 aliphatic rings. The Morgan fingerprint density at radius 1 is 1.60 bits per heavy atom. The molecule has 0 spiro atoms. The van der Waals surface area contributed by atoms with Crippen LogP contribution >= 0.6 is 45.2 Å². The molecule has 0 radical (unpaired) electrons. The van der Waals surface area contributed by atoms with E-state index < -0.39 is 0 Å². The SMILES string of the molecule is OC=C(I)I. The third-order valence-corrected chi connectivity index (χ3v) is 0.655. The van der Waals surface area contributed by atoms with Crippen molar-refractivity contribution in [2.75, 3.05) is 0 Å². The van der Waals surface area contributed by atoms with E-state index in [0.717, 1.165) is 7.85 Å². The molecule has 0 aromatic heterocycles. The second-order valence-corrected chi connectivity index (χ2v) is 4.81. The Labute approximate surface area is 57.7 Å². The Morgan fingerprint density at radius 2 is 1.80 bits per heavy atom. The van der Waals surface area contributed by atoms with Crippen LogP contribution in [0.25, 0.3) is 0 Å². The molecule has 0 atom stereocenters. The minimum atomic E-state index is 0.875. The van der Waals surface area contributed by atoms with Crippen LogP contribution in [-0.4, -0.2) is 5.11 Å². The lowest BCUT2D eigenvalue weighted by atomic mass is 11.2. The van der Waals surface area contributed by atoms with Gasteiger partial charge in [-0.25, -0.2) is 0 Å². The maximum absolute atomic E-state index is 7.97. The number of hydrogen-bond acceptors (Lipinski definition) is 1. The van der Waals surface area contributed by atoms with Crippen LogP contribution in [0.1, 0.15) is 0 Å². The molecule has 0 fully saturated rings. The van der Waals surface area contributed by atoms with E-state index in [9.17, 15) is 0 Å². The first kappa shape index (κ1) is 6.00. The third kappa shape index (κ3) is 5.00. The van der Waals surface area contributed by atoms with E-state index >= 15 is 0 Å². The minimum Gasteiger partial charge on any atom is -0.514 e. The van der Waals surface area contributed by atoms with Crippen molar-refractivity contribution in [1.29, 1.82) is 0 Å². The molecule has 0 bridgehead atoms. The monoisotopic (exact) mass is 296 g/mol. The van der Waals surface area contributed by atoms with E-state index in [1.54, 1.807) is 0 Å². The molecule has 0 saturated heterocycles. The number of hydrogen-bond donors (Lipinski definition) is 1. The number of aliphatic hydroxyl groups excluding tert-OH is 1. The van der Waals surface area contributed by atoms with Gasteiger partial charge in [0.15, 0.2) is 0 Å². The largest absolute Gasteiger partial charge is 0.514 e. The van der Waals surface area contributed by atoms with Gasteiger partial charge in [-0.1, -0.05) is 0 Å². The molecular formula is C2H2I2O. The second kappa shape index (κ2) is 3.20. The third-order valence-electron chi connectivity index (χ3n) is 0.0976. The topological polar surface area (TPSA) is 20.2 Å². The van der Waals surface area contributed by atoms with E-state index in [1.165, 1.54) is 0 Å². The highest BCUT2D eigenvalue weighted by Gasteiger charge is 1.69. The molecule has 0 saturated carbocycles. The van der Waals surface area contributed by atoms with Gasteiger partial charge in [0.05, 0.1) is 7.85 Å². The predicted octanol–water partition coefficient (Wildman–Crippen LogP) is 2.21. The molecule has 0 aliphatic heterocycles. The summed E-state index contributed by atoms with van der Waals surface area (Å²) in [6.07, 6.45) is 1.06. The zero-order chi connectivity index (χ0) is 4.28.